The van der Waals surface area contributed by atoms with Crippen molar-refractivity contribution in [3.63, 3.8) is 0 Å². The standard InChI is InChI=1S/C21H28N4O/c1-24-10-6-19(14-26-15-20-3-2-7-23-12-20)11-21(24)16-25(17-21)13-18-4-8-22-9-5-18/h2-5,7-9,12,19H,6,10-11,13-17H2,1H3/t19-/m0/s1. The summed E-state index contributed by atoms with van der Waals surface area (Å²) in [5.74, 6) is 0.658. The highest BCUT2D eigenvalue weighted by atomic mass is 16.5. The Kier molecular flexibility index (Phi) is 5.29. The van der Waals surface area contributed by atoms with Gasteiger partial charge in [0, 0.05) is 56.6 Å². The number of ether oxygens (including phenoxy) is 1. The average molecular weight is 352 g/mol. The van der Waals surface area contributed by atoms with Crippen molar-refractivity contribution in [3.8, 4) is 0 Å². The highest BCUT2D eigenvalue weighted by Gasteiger charge is 2.49. The Hall–Kier alpha value is -1.82. The van der Waals surface area contributed by atoms with Gasteiger partial charge in [0.25, 0.3) is 0 Å². The summed E-state index contributed by atoms with van der Waals surface area (Å²) in [6.45, 7) is 6.04. The van der Waals surface area contributed by atoms with Crippen molar-refractivity contribution in [2.24, 2.45) is 5.92 Å². The summed E-state index contributed by atoms with van der Waals surface area (Å²) < 4.78 is 6.00. The molecule has 1 spiro atoms. The summed E-state index contributed by atoms with van der Waals surface area (Å²) in [7, 11) is 2.29. The first kappa shape index (κ1) is 17.6. The van der Waals surface area contributed by atoms with E-state index in [1.807, 2.05) is 24.7 Å². The number of pyridine rings is 2. The van der Waals surface area contributed by atoms with E-state index < -0.39 is 0 Å². The topological polar surface area (TPSA) is 41.5 Å². The molecule has 0 radical (unpaired) electrons. The van der Waals surface area contributed by atoms with Gasteiger partial charge in [-0.05, 0) is 61.7 Å². The zero-order valence-electron chi connectivity index (χ0n) is 15.6. The Labute approximate surface area is 156 Å². The molecule has 0 saturated carbocycles. The molecule has 5 heteroatoms. The normalized spacial score (nSPS) is 23.0. The molecule has 2 aromatic rings. The van der Waals surface area contributed by atoms with E-state index in [-0.39, 0.29) is 0 Å². The second-order valence-electron chi connectivity index (χ2n) is 7.88. The van der Waals surface area contributed by atoms with E-state index in [0.29, 0.717) is 18.1 Å². The van der Waals surface area contributed by atoms with Crippen molar-refractivity contribution in [1.82, 2.24) is 19.8 Å². The van der Waals surface area contributed by atoms with Crippen LogP contribution < -0.4 is 0 Å². The van der Waals surface area contributed by atoms with Gasteiger partial charge >= 0.3 is 0 Å². The lowest BCUT2D eigenvalue weighted by atomic mass is 9.75. The predicted molar refractivity (Wildman–Crippen MR) is 101 cm³/mol. The SMILES string of the molecule is CN1CC[C@H](COCc2cccnc2)CC12CN(Cc1ccncc1)C2. The molecule has 26 heavy (non-hydrogen) atoms. The second-order valence-corrected chi connectivity index (χ2v) is 7.88. The van der Waals surface area contributed by atoms with Crippen LogP contribution in [0.4, 0.5) is 0 Å². The number of nitrogens with zero attached hydrogens (tertiary/aromatic N) is 4. The van der Waals surface area contributed by atoms with Gasteiger partial charge in [0.05, 0.1) is 6.61 Å². The van der Waals surface area contributed by atoms with Gasteiger partial charge in [-0.3, -0.25) is 19.8 Å². The Balaban J connectivity index is 1.26. The molecule has 2 aliphatic heterocycles. The van der Waals surface area contributed by atoms with Gasteiger partial charge in [-0.25, -0.2) is 0 Å². The minimum Gasteiger partial charge on any atom is -0.376 e. The lowest BCUT2D eigenvalue weighted by Gasteiger charge is -2.58. The summed E-state index contributed by atoms with van der Waals surface area (Å²) >= 11 is 0. The summed E-state index contributed by atoms with van der Waals surface area (Å²) in [6.07, 6.45) is 9.93. The first-order valence-corrected chi connectivity index (χ1v) is 9.53. The molecule has 0 aliphatic carbocycles. The fourth-order valence-electron chi connectivity index (χ4n) is 4.39. The number of likely N-dealkylation sites (N-methyl/N-ethyl adjacent to an activating group) is 1. The largest absolute Gasteiger partial charge is 0.376 e. The molecule has 0 bridgehead atoms. The zero-order valence-corrected chi connectivity index (χ0v) is 15.6. The van der Waals surface area contributed by atoms with Crippen LogP contribution in [0.25, 0.3) is 0 Å². The fourth-order valence-corrected chi connectivity index (χ4v) is 4.39. The maximum atomic E-state index is 6.00. The van der Waals surface area contributed by atoms with E-state index in [0.717, 1.165) is 31.8 Å². The summed E-state index contributed by atoms with van der Waals surface area (Å²) in [5.41, 5.74) is 2.85. The van der Waals surface area contributed by atoms with Gasteiger partial charge in [0.2, 0.25) is 0 Å². The number of piperidine rings is 1. The van der Waals surface area contributed by atoms with Crippen molar-refractivity contribution < 1.29 is 4.74 Å². The molecule has 4 heterocycles. The molecule has 0 amide bonds. The molecule has 2 fully saturated rings. The Morgan fingerprint density at radius 2 is 1.96 bits per heavy atom. The molecule has 5 nitrogen and oxygen atoms in total. The van der Waals surface area contributed by atoms with Crippen LogP contribution >= 0.6 is 0 Å². The van der Waals surface area contributed by atoms with Crippen LogP contribution in [0, 0.1) is 5.92 Å². The van der Waals surface area contributed by atoms with Crippen LogP contribution in [-0.2, 0) is 17.9 Å². The number of likely N-dealkylation sites (tertiary alicyclic amines) is 2. The zero-order chi connectivity index (χ0) is 17.8. The quantitative estimate of drug-likeness (QED) is 0.799. The van der Waals surface area contributed by atoms with Gasteiger partial charge in [-0.2, -0.15) is 0 Å². The van der Waals surface area contributed by atoms with Crippen molar-refractivity contribution >= 4 is 0 Å². The third-order valence-electron chi connectivity index (χ3n) is 5.89. The highest BCUT2D eigenvalue weighted by Crippen LogP contribution is 2.38. The predicted octanol–water partition coefficient (Wildman–Crippen LogP) is 2.59. The number of hydrogen-bond donors (Lipinski definition) is 0. The van der Waals surface area contributed by atoms with Crippen LogP contribution in [-0.4, -0.2) is 58.6 Å². The fraction of sp³-hybridized carbons (Fsp3) is 0.524. The third-order valence-corrected chi connectivity index (χ3v) is 5.89. The van der Waals surface area contributed by atoms with Gasteiger partial charge < -0.3 is 4.74 Å². The molecule has 4 rings (SSSR count). The van der Waals surface area contributed by atoms with Gasteiger partial charge in [0.1, 0.15) is 0 Å². The number of hydrogen-bond acceptors (Lipinski definition) is 5. The number of aromatic nitrogens is 2. The van der Waals surface area contributed by atoms with E-state index in [1.54, 1.807) is 6.20 Å². The summed E-state index contributed by atoms with van der Waals surface area (Å²) in [6, 6.07) is 8.27. The van der Waals surface area contributed by atoms with Crippen molar-refractivity contribution in [2.45, 2.75) is 31.5 Å². The van der Waals surface area contributed by atoms with Gasteiger partial charge in [-0.15, -0.1) is 0 Å². The Morgan fingerprint density at radius 1 is 1.12 bits per heavy atom. The third kappa shape index (κ3) is 3.95. The van der Waals surface area contributed by atoms with Crippen LogP contribution in [0.1, 0.15) is 24.0 Å². The summed E-state index contributed by atoms with van der Waals surface area (Å²) in [5, 5.41) is 0. The van der Waals surface area contributed by atoms with Crippen molar-refractivity contribution in [3.05, 3.63) is 60.2 Å². The lowest BCUT2D eigenvalue weighted by Crippen LogP contribution is -2.71. The molecule has 138 valence electrons. The molecule has 2 saturated heterocycles. The Morgan fingerprint density at radius 3 is 2.73 bits per heavy atom. The molecular weight excluding hydrogens is 324 g/mol. The van der Waals surface area contributed by atoms with Crippen LogP contribution in [0.5, 0.6) is 0 Å². The first-order chi connectivity index (χ1) is 12.7. The minimum atomic E-state index is 0.341. The molecule has 0 aromatic carbocycles. The second kappa shape index (κ2) is 7.82. The van der Waals surface area contributed by atoms with E-state index in [2.05, 4.69) is 45.0 Å². The maximum Gasteiger partial charge on any atom is 0.0731 e. The molecule has 0 N–H and O–H groups in total. The van der Waals surface area contributed by atoms with E-state index in [4.69, 9.17) is 4.74 Å². The van der Waals surface area contributed by atoms with Gasteiger partial charge in [-0.1, -0.05) is 6.07 Å². The molecule has 0 unspecified atom stereocenters. The van der Waals surface area contributed by atoms with E-state index in [9.17, 15) is 0 Å². The monoisotopic (exact) mass is 352 g/mol. The number of rotatable bonds is 6. The van der Waals surface area contributed by atoms with E-state index in [1.165, 1.54) is 24.9 Å². The van der Waals surface area contributed by atoms with Crippen molar-refractivity contribution in [1.29, 1.82) is 0 Å². The van der Waals surface area contributed by atoms with Gasteiger partial charge in [0.15, 0.2) is 0 Å². The average Bonchev–Trinajstić information content (AvgIpc) is 2.65. The molecular formula is C21H28N4O. The molecule has 1 atom stereocenters. The lowest BCUT2D eigenvalue weighted by molar-refractivity contribution is -0.0935. The first-order valence-electron chi connectivity index (χ1n) is 9.53. The van der Waals surface area contributed by atoms with Crippen molar-refractivity contribution in [2.75, 3.05) is 33.3 Å². The maximum absolute atomic E-state index is 6.00. The van der Waals surface area contributed by atoms with Crippen LogP contribution in [0.15, 0.2) is 49.1 Å². The highest BCUT2D eigenvalue weighted by molar-refractivity contribution is 5.13. The van der Waals surface area contributed by atoms with Crippen LogP contribution in [0.2, 0.25) is 0 Å². The molecule has 2 aliphatic rings. The minimum absolute atomic E-state index is 0.341. The summed E-state index contributed by atoms with van der Waals surface area (Å²) in [4.78, 5) is 13.4. The smallest absolute Gasteiger partial charge is 0.0731 e. The molecule has 2 aromatic heterocycles. The van der Waals surface area contributed by atoms with E-state index >= 15 is 0 Å². The Bertz CT molecular complexity index is 688. The van der Waals surface area contributed by atoms with Crippen LogP contribution in [0.3, 0.4) is 0 Å².